The number of fused-ring (bicyclic) bond motifs is 1. The molecule has 0 spiro atoms. The molecule has 6 heteroatoms. The minimum Gasteiger partial charge on any atom is -0.483 e. The molecule has 1 aromatic rings. The first-order valence-corrected chi connectivity index (χ1v) is 6.85. The zero-order valence-electron chi connectivity index (χ0n) is 11.5. The molecule has 0 fully saturated rings. The van der Waals surface area contributed by atoms with Crippen LogP contribution in [0.3, 0.4) is 0 Å². The van der Waals surface area contributed by atoms with Crippen molar-refractivity contribution in [3.05, 3.63) is 34.9 Å². The smallest absolute Gasteiger partial charge is 0.280 e. The fraction of sp³-hybridized carbons (Fsp3) is 0.286. The summed E-state index contributed by atoms with van der Waals surface area (Å²) < 4.78 is 6.76. The van der Waals surface area contributed by atoms with Gasteiger partial charge in [-0.3, -0.25) is 4.79 Å². The van der Waals surface area contributed by atoms with Crippen LogP contribution in [-0.4, -0.2) is 17.5 Å². The summed E-state index contributed by atoms with van der Waals surface area (Å²) in [7, 11) is 0. The van der Waals surface area contributed by atoms with Gasteiger partial charge in [-0.1, -0.05) is 15.9 Å². The number of hydrogen-bond acceptors (Lipinski definition) is 2. The third kappa shape index (κ3) is 2.85. The first kappa shape index (κ1) is 14.6. The number of guanidine groups is 1. The van der Waals surface area contributed by atoms with Crippen molar-refractivity contribution in [1.82, 2.24) is 0 Å². The Kier molecular flexibility index (Phi) is 3.60. The van der Waals surface area contributed by atoms with Gasteiger partial charge in [-0.15, -0.1) is 0 Å². The molecular formula is C14H16BrN3O2. The molecule has 0 bridgehead atoms. The first-order chi connectivity index (χ1) is 9.19. The zero-order valence-corrected chi connectivity index (χ0v) is 13.1. The summed E-state index contributed by atoms with van der Waals surface area (Å²) in [4.78, 5) is 15.5. The van der Waals surface area contributed by atoms with Gasteiger partial charge in [0.2, 0.25) is 0 Å². The maximum Gasteiger partial charge on any atom is 0.280 e. The summed E-state index contributed by atoms with van der Waals surface area (Å²) >= 11 is 3.51. The van der Waals surface area contributed by atoms with Crippen molar-refractivity contribution in [2.75, 3.05) is 0 Å². The molecule has 1 amide bonds. The quantitative estimate of drug-likeness (QED) is 0.607. The van der Waals surface area contributed by atoms with Crippen LogP contribution < -0.4 is 16.2 Å². The predicted octanol–water partition coefficient (Wildman–Crippen LogP) is 2.32. The van der Waals surface area contributed by atoms with Crippen LogP contribution in [0.15, 0.2) is 23.2 Å². The molecule has 0 saturated heterocycles. The normalized spacial score (nSPS) is 15.7. The molecule has 0 radical (unpaired) electrons. The highest BCUT2D eigenvalue weighted by molar-refractivity contribution is 9.15. The second-order valence-electron chi connectivity index (χ2n) is 5.20. The third-order valence-corrected chi connectivity index (χ3v) is 3.55. The molecule has 1 aliphatic rings. The number of amides is 1. The van der Waals surface area contributed by atoms with Gasteiger partial charge in [0.1, 0.15) is 11.4 Å². The summed E-state index contributed by atoms with van der Waals surface area (Å²) in [5.74, 6) is 0.0117. The molecular weight excluding hydrogens is 322 g/mol. The van der Waals surface area contributed by atoms with E-state index in [-0.39, 0.29) is 5.96 Å². The Balaban J connectivity index is 2.54. The summed E-state index contributed by atoms with van der Waals surface area (Å²) in [6, 6.07) is 3.55. The van der Waals surface area contributed by atoms with E-state index in [2.05, 4.69) is 20.9 Å². The van der Waals surface area contributed by atoms with Crippen LogP contribution in [-0.2, 0) is 0 Å². The van der Waals surface area contributed by atoms with Gasteiger partial charge in [0, 0.05) is 15.6 Å². The molecule has 0 aromatic heterocycles. The second-order valence-corrected chi connectivity index (χ2v) is 6.06. The summed E-state index contributed by atoms with van der Waals surface area (Å²) in [5, 5.41) is 0. The topological polar surface area (TPSA) is 90.7 Å². The molecule has 1 heterocycles. The largest absolute Gasteiger partial charge is 0.483 e. The highest BCUT2D eigenvalue weighted by Gasteiger charge is 2.27. The number of nitrogens with zero attached hydrogens (tertiary/aromatic N) is 1. The van der Waals surface area contributed by atoms with Gasteiger partial charge >= 0.3 is 0 Å². The van der Waals surface area contributed by atoms with E-state index in [4.69, 9.17) is 16.2 Å². The van der Waals surface area contributed by atoms with Crippen molar-refractivity contribution in [2.45, 2.75) is 26.4 Å². The molecule has 0 atom stereocenters. The Morgan fingerprint density at radius 1 is 1.35 bits per heavy atom. The standard InChI is InChI=1S/C14H16BrN3O2/c1-7-4-11-9(10(15)6-14(2,3)20-11)5-8(7)12(19)18-13(16)17/h4-6H,1-3H3,(H4,16,17,18,19). The Morgan fingerprint density at radius 3 is 2.60 bits per heavy atom. The number of ether oxygens (including phenoxy) is 1. The number of hydrogen-bond donors (Lipinski definition) is 2. The van der Waals surface area contributed by atoms with Crippen LogP contribution >= 0.6 is 15.9 Å². The number of carbonyl (C=O) groups excluding carboxylic acids is 1. The van der Waals surface area contributed by atoms with Gasteiger partial charge in [0.15, 0.2) is 5.96 Å². The summed E-state index contributed by atoms with van der Waals surface area (Å²) in [6.45, 7) is 5.74. The van der Waals surface area contributed by atoms with Crippen molar-refractivity contribution in [3.63, 3.8) is 0 Å². The lowest BCUT2D eigenvalue weighted by Crippen LogP contribution is -2.28. The number of carbonyl (C=O) groups is 1. The Hall–Kier alpha value is -1.82. The fourth-order valence-corrected chi connectivity index (χ4v) is 2.92. The van der Waals surface area contributed by atoms with Crippen LogP contribution in [0.1, 0.15) is 35.3 Å². The van der Waals surface area contributed by atoms with Crippen LogP contribution in [0, 0.1) is 6.92 Å². The van der Waals surface area contributed by atoms with Crippen LogP contribution in [0.4, 0.5) is 0 Å². The number of rotatable bonds is 1. The summed E-state index contributed by atoms with van der Waals surface area (Å²) in [6.07, 6.45) is 1.94. The Morgan fingerprint density at radius 2 is 2.00 bits per heavy atom. The maximum atomic E-state index is 12.0. The van der Waals surface area contributed by atoms with E-state index in [1.165, 1.54) is 0 Å². The molecule has 0 aliphatic carbocycles. The van der Waals surface area contributed by atoms with Gasteiger partial charge in [-0.05, 0) is 44.5 Å². The molecule has 0 unspecified atom stereocenters. The second kappa shape index (κ2) is 4.94. The Labute approximate surface area is 125 Å². The molecule has 20 heavy (non-hydrogen) atoms. The van der Waals surface area contributed by atoms with Crippen LogP contribution in [0.25, 0.3) is 4.48 Å². The molecule has 2 rings (SSSR count). The number of aliphatic imine (C=N–C) groups is 1. The maximum absolute atomic E-state index is 12.0. The van der Waals surface area contributed by atoms with Crippen molar-refractivity contribution in [3.8, 4) is 5.75 Å². The monoisotopic (exact) mass is 337 g/mol. The molecule has 4 N–H and O–H groups in total. The molecule has 1 aromatic carbocycles. The van der Waals surface area contributed by atoms with Crippen LogP contribution in [0.2, 0.25) is 0 Å². The lowest BCUT2D eigenvalue weighted by atomic mass is 9.98. The van der Waals surface area contributed by atoms with Gasteiger partial charge in [-0.25, -0.2) is 0 Å². The van der Waals surface area contributed by atoms with Gasteiger partial charge in [0.25, 0.3) is 5.91 Å². The minimum absolute atomic E-state index is 0.251. The first-order valence-electron chi connectivity index (χ1n) is 6.06. The number of nitrogens with two attached hydrogens (primary N) is 2. The van der Waals surface area contributed by atoms with Gasteiger partial charge in [0.05, 0.1) is 0 Å². The Bertz CT molecular complexity index is 643. The van der Waals surface area contributed by atoms with Gasteiger partial charge in [-0.2, -0.15) is 4.99 Å². The van der Waals surface area contributed by atoms with Crippen molar-refractivity contribution >= 4 is 32.3 Å². The molecule has 1 aliphatic heterocycles. The lowest BCUT2D eigenvalue weighted by molar-refractivity contribution is 0.100. The molecule has 0 saturated carbocycles. The lowest BCUT2D eigenvalue weighted by Gasteiger charge is -2.30. The highest BCUT2D eigenvalue weighted by Crippen LogP contribution is 2.40. The number of halogens is 1. The van der Waals surface area contributed by atoms with E-state index < -0.39 is 11.5 Å². The van der Waals surface area contributed by atoms with E-state index >= 15 is 0 Å². The van der Waals surface area contributed by atoms with Gasteiger partial charge < -0.3 is 16.2 Å². The van der Waals surface area contributed by atoms with Crippen LogP contribution in [0.5, 0.6) is 5.75 Å². The number of benzene rings is 1. The minimum atomic E-state index is -0.463. The van der Waals surface area contributed by atoms with Crippen molar-refractivity contribution in [2.24, 2.45) is 16.5 Å². The third-order valence-electron chi connectivity index (χ3n) is 2.89. The predicted molar refractivity (Wildman–Crippen MR) is 82.9 cm³/mol. The number of aryl methyl sites for hydroxylation is 1. The summed E-state index contributed by atoms with van der Waals surface area (Å²) in [5.41, 5.74) is 12.1. The van der Waals surface area contributed by atoms with E-state index in [0.717, 1.165) is 21.4 Å². The SMILES string of the molecule is Cc1cc2c(cc1C(=O)N=C(N)N)C(Br)=CC(C)(C)O2. The molecule has 5 nitrogen and oxygen atoms in total. The highest BCUT2D eigenvalue weighted by atomic mass is 79.9. The zero-order chi connectivity index (χ0) is 15.1. The average Bonchev–Trinajstić information content (AvgIpc) is 2.24. The molecule has 106 valence electrons. The average molecular weight is 338 g/mol. The fourth-order valence-electron chi connectivity index (χ4n) is 2.06. The van der Waals surface area contributed by atoms with E-state index in [1.54, 1.807) is 6.07 Å². The van der Waals surface area contributed by atoms with E-state index in [1.807, 2.05) is 32.9 Å². The van der Waals surface area contributed by atoms with Crippen molar-refractivity contribution in [1.29, 1.82) is 0 Å². The van der Waals surface area contributed by atoms with Crippen molar-refractivity contribution < 1.29 is 9.53 Å². The van der Waals surface area contributed by atoms with E-state index in [0.29, 0.717) is 5.56 Å². The van der Waals surface area contributed by atoms with E-state index in [9.17, 15) is 4.79 Å².